The topological polar surface area (TPSA) is 47.2 Å². The van der Waals surface area contributed by atoms with Gasteiger partial charge in [-0.2, -0.15) is 0 Å². The molecule has 1 aliphatic rings. The van der Waals surface area contributed by atoms with Crippen molar-refractivity contribution in [1.29, 1.82) is 0 Å². The van der Waals surface area contributed by atoms with Gasteiger partial charge in [-0.3, -0.25) is 4.79 Å². The molecule has 4 rings (SSSR count). The van der Waals surface area contributed by atoms with Crippen LogP contribution in [0, 0.1) is 0 Å². The third kappa shape index (κ3) is 2.97. The molecule has 0 fully saturated rings. The minimum absolute atomic E-state index is 0.0197. The van der Waals surface area contributed by atoms with Gasteiger partial charge in [-0.1, -0.05) is 23.8 Å². The number of carbonyl (C=O) groups excluding carboxylic acids is 1. The second-order valence-electron chi connectivity index (χ2n) is 6.70. The molecule has 4 nitrogen and oxygen atoms in total. The Morgan fingerprint density at radius 3 is 2.92 bits per heavy atom. The smallest absolute Gasteiger partial charge is 0.268 e. The third-order valence-corrected chi connectivity index (χ3v) is 5.09. The number of benzene rings is 1. The molecule has 0 saturated heterocycles. The fraction of sp³-hybridized carbons (Fsp3) is 0.381. The van der Waals surface area contributed by atoms with Crippen LogP contribution in [-0.2, 0) is 6.54 Å². The quantitative estimate of drug-likeness (QED) is 0.664. The van der Waals surface area contributed by atoms with Gasteiger partial charge in [0.25, 0.3) is 5.91 Å². The van der Waals surface area contributed by atoms with E-state index < -0.39 is 0 Å². The Morgan fingerprint density at radius 2 is 2.12 bits per heavy atom. The summed E-state index contributed by atoms with van der Waals surface area (Å²) in [6.45, 7) is 3.49. The number of furan rings is 1. The van der Waals surface area contributed by atoms with Crippen molar-refractivity contribution in [1.82, 2.24) is 9.88 Å². The van der Waals surface area contributed by atoms with Crippen LogP contribution in [0.4, 0.5) is 0 Å². The first-order valence-corrected chi connectivity index (χ1v) is 9.25. The van der Waals surface area contributed by atoms with Gasteiger partial charge in [-0.25, -0.2) is 0 Å². The van der Waals surface area contributed by atoms with E-state index in [0.29, 0.717) is 12.2 Å². The molecule has 2 aromatic heterocycles. The number of hydrogen-bond acceptors (Lipinski definition) is 2. The summed E-state index contributed by atoms with van der Waals surface area (Å²) in [6.07, 6.45) is 8.24. The number of nitrogens with zero attached hydrogens (tertiary/aromatic N) is 1. The molecular weight excluding hydrogens is 312 g/mol. The number of aryl methyl sites for hydroxylation is 1. The van der Waals surface area contributed by atoms with Gasteiger partial charge in [0.2, 0.25) is 0 Å². The summed E-state index contributed by atoms with van der Waals surface area (Å²) in [7, 11) is 0. The summed E-state index contributed by atoms with van der Waals surface area (Å²) < 4.78 is 7.97. The predicted molar refractivity (Wildman–Crippen MR) is 101 cm³/mol. The maximum absolute atomic E-state index is 12.7. The van der Waals surface area contributed by atoms with Crippen molar-refractivity contribution in [3.05, 3.63) is 47.7 Å². The van der Waals surface area contributed by atoms with Crippen molar-refractivity contribution in [2.24, 2.45) is 0 Å². The summed E-state index contributed by atoms with van der Waals surface area (Å²) in [5, 5.41) is 4.14. The molecule has 0 bridgehead atoms. The van der Waals surface area contributed by atoms with Crippen LogP contribution >= 0.6 is 0 Å². The highest BCUT2D eigenvalue weighted by Crippen LogP contribution is 2.31. The number of para-hydroxylation sites is 1. The van der Waals surface area contributed by atoms with Crippen LogP contribution in [0.1, 0.15) is 49.5 Å². The number of hydrogen-bond donors (Lipinski definition) is 1. The number of nitrogens with one attached hydrogen (secondary N) is 1. The standard InChI is InChI=1S/C21H24N2O2/c1-2-23-17(21(24)22-13-12-15-8-4-3-5-9-15)14-19-20(23)16-10-6-7-11-18(16)25-19/h6-8,10-11,14H,2-5,9,12-13H2,1H3,(H,22,24). The van der Waals surface area contributed by atoms with Gasteiger partial charge >= 0.3 is 0 Å². The molecule has 1 aliphatic carbocycles. The Bertz CT molecular complexity index is 946. The lowest BCUT2D eigenvalue weighted by Gasteiger charge is -2.13. The molecule has 0 unspecified atom stereocenters. The Labute approximate surface area is 147 Å². The Kier molecular flexibility index (Phi) is 4.35. The van der Waals surface area contributed by atoms with E-state index >= 15 is 0 Å². The lowest BCUT2D eigenvalue weighted by molar-refractivity contribution is 0.0945. The molecule has 2 heterocycles. The minimum atomic E-state index is -0.0197. The van der Waals surface area contributed by atoms with Gasteiger partial charge in [0.05, 0.1) is 5.52 Å². The summed E-state index contributed by atoms with van der Waals surface area (Å²) in [5.41, 5.74) is 4.82. The van der Waals surface area contributed by atoms with E-state index in [-0.39, 0.29) is 5.91 Å². The van der Waals surface area contributed by atoms with Crippen LogP contribution in [0.2, 0.25) is 0 Å². The van der Waals surface area contributed by atoms with Crippen LogP contribution < -0.4 is 5.32 Å². The second kappa shape index (κ2) is 6.79. The number of amides is 1. The van der Waals surface area contributed by atoms with Crippen molar-refractivity contribution in [2.75, 3.05) is 6.54 Å². The number of carbonyl (C=O) groups is 1. The minimum Gasteiger partial charge on any atom is -0.454 e. The molecule has 130 valence electrons. The maximum Gasteiger partial charge on any atom is 0.268 e. The highest BCUT2D eigenvalue weighted by Gasteiger charge is 2.19. The summed E-state index contributed by atoms with van der Waals surface area (Å²) >= 11 is 0. The lowest BCUT2D eigenvalue weighted by Crippen LogP contribution is -2.27. The van der Waals surface area contributed by atoms with Crippen LogP contribution in [-0.4, -0.2) is 17.0 Å². The first-order chi connectivity index (χ1) is 12.3. The number of rotatable bonds is 5. The fourth-order valence-corrected chi connectivity index (χ4v) is 3.83. The fourth-order valence-electron chi connectivity index (χ4n) is 3.83. The van der Waals surface area contributed by atoms with Gasteiger partial charge in [0.15, 0.2) is 5.58 Å². The van der Waals surface area contributed by atoms with E-state index in [4.69, 9.17) is 4.42 Å². The summed E-state index contributed by atoms with van der Waals surface area (Å²) in [4.78, 5) is 12.7. The number of aromatic nitrogens is 1. The van der Waals surface area contributed by atoms with E-state index in [1.165, 1.54) is 31.3 Å². The molecule has 0 saturated carbocycles. The molecule has 0 radical (unpaired) electrons. The highest BCUT2D eigenvalue weighted by molar-refractivity contribution is 6.07. The predicted octanol–water partition coefficient (Wildman–Crippen LogP) is 5.03. The first-order valence-electron chi connectivity index (χ1n) is 9.25. The van der Waals surface area contributed by atoms with Crippen molar-refractivity contribution < 1.29 is 9.21 Å². The zero-order valence-electron chi connectivity index (χ0n) is 14.7. The molecule has 1 N–H and O–H groups in total. The number of allylic oxidation sites excluding steroid dienone is 1. The van der Waals surface area contributed by atoms with E-state index in [2.05, 4.69) is 22.9 Å². The zero-order chi connectivity index (χ0) is 17.2. The van der Waals surface area contributed by atoms with Gasteiger partial charge in [0.1, 0.15) is 11.3 Å². The van der Waals surface area contributed by atoms with Crippen LogP contribution in [0.25, 0.3) is 22.1 Å². The van der Waals surface area contributed by atoms with Crippen LogP contribution in [0.15, 0.2) is 46.4 Å². The Morgan fingerprint density at radius 1 is 1.24 bits per heavy atom. The van der Waals surface area contributed by atoms with E-state index in [1.807, 2.05) is 30.3 Å². The number of fused-ring (bicyclic) bond motifs is 3. The first kappa shape index (κ1) is 16.0. The third-order valence-electron chi connectivity index (χ3n) is 5.09. The molecule has 1 aromatic carbocycles. The van der Waals surface area contributed by atoms with Crippen LogP contribution in [0.3, 0.4) is 0 Å². The van der Waals surface area contributed by atoms with Crippen molar-refractivity contribution in [3.63, 3.8) is 0 Å². The molecule has 1 amide bonds. The lowest BCUT2D eigenvalue weighted by atomic mass is 9.97. The van der Waals surface area contributed by atoms with Crippen molar-refractivity contribution >= 4 is 28.0 Å². The second-order valence-corrected chi connectivity index (χ2v) is 6.70. The molecule has 25 heavy (non-hydrogen) atoms. The molecule has 4 heteroatoms. The maximum atomic E-state index is 12.7. The molecular formula is C21H24N2O2. The van der Waals surface area contributed by atoms with E-state index in [1.54, 1.807) is 0 Å². The van der Waals surface area contributed by atoms with Crippen molar-refractivity contribution in [3.8, 4) is 0 Å². The van der Waals surface area contributed by atoms with Gasteiger partial charge in [-0.15, -0.1) is 0 Å². The van der Waals surface area contributed by atoms with Gasteiger partial charge in [-0.05, 0) is 51.2 Å². The SMILES string of the molecule is CCn1c(C(=O)NCCC2=CCCCC2)cc2oc3ccccc3c21. The van der Waals surface area contributed by atoms with Gasteiger partial charge in [0, 0.05) is 24.5 Å². The molecule has 0 aliphatic heterocycles. The van der Waals surface area contributed by atoms with Gasteiger partial charge < -0.3 is 14.3 Å². The Hall–Kier alpha value is -2.49. The molecule has 0 atom stereocenters. The summed E-state index contributed by atoms with van der Waals surface area (Å²) in [5.74, 6) is -0.0197. The average Bonchev–Trinajstić information content (AvgIpc) is 3.18. The monoisotopic (exact) mass is 336 g/mol. The molecule has 3 aromatic rings. The van der Waals surface area contributed by atoms with Crippen molar-refractivity contribution in [2.45, 2.75) is 45.6 Å². The van der Waals surface area contributed by atoms with Crippen LogP contribution in [0.5, 0.6) is 0 Å². The zero-order valence-corrected chi connectivity index (χ0v) is 14.7. The summed E-state index contributed by atoms with van der Waals surface area (Å²) in [6, 6.07) is 9.85. The van der Waals surface area contributed by atoms with E-state index in [0.717, 1.165) is 35.0 Å². The normalized spacial score (nSPS) is 14.8. The van der Waals surface area contributed by atoms with E-state index in [9.17, 15) is 4.79 Å². The molecule has 0 spiro atoms. The Balaban J connectivity index is 1.55. The highest BCUT2D eigenvalue weighted by atomic mass is 16.3. The largest absolute Gasteiger partial charge is 0.454 e. The average molecular weight is 336 g/mol.